The Morgan fingerprint density at radius 1 is 1.33 bits per heavy atom. The molecule has 0 saturated heterocycles. The van der Waals surface area contributed by atoms with Gasteiger partial charge in [-0.2, -0.15) is 5.10 Å². The van der Waals surface area contributed by atoms with E-state index in [1.807, 2.05) is 0 Å². The van der Waals surface area contributed by atoms with E-state index in [1.165, 1.54) is 17.7 Å². The molecule has 3 heteroatoms. The van der Waals surface area contributed by atoms with Gasteiger partial charge in [-0.25, -0.2) is 0 Å². The maximum atomic E-state index is 4.51. The number of nitrogens with zero attached hydrogens (tertiary/aromatic N) is 2. The minimum absolute atomic E-state index is 0.578. The highest BCUT2D eigenvalue weighted by Gasteiger charge is 2.10. The molecule has 0 spiro atoms. The fourth-order valence-corrected chi connectivity index (χ4v) is 1.72. The summed E-state index contributed by atoms with van der Waals surface area (Å²) in [4.78, 5) is 0. The Balaban J connectivity index is 2.72. The topological polar surface area (TPSA) is 29.9 Å². The van der Waals surface area contributed by atoms with Gasteiger partial charge in [0.25, 0.3) is 0 Å². The highest BCUT2D eigenvalue weighted by Crippen LogP contribution is 2.12. The van der Waals surface area contributed by atoms with Crippen molar-refractivity contribution in [1.29, 1.82) is 0 Å². The predicted molar refractivity (Wildman–Crippen MR) is 64.0 cm³/mol. The summed E-state index contributed by atoms with van der Waals surface area (Å²) in [5.41, 5.74) is 3.81. The Kier molecular flexibility index (Phi) is 4.33. The first kappa shape index (κ1) is 12.2. The third-order valence-electron chi connectivity index (χ3n) is 3.07. The van der Waals surface area contributed by atoms with Gasteiger partial charge in [-0.15, -0.1) is 0 Å². The van der Waals surface area contributed by atoms with Crippen LogP contribution in [0.3, 0.4) is 0 Å². The average Bonchev–Trinajstić information content (AvgIpc) is 2.51. The minimum Gasteiger partial charge on any atom is -0.310 e. The van der Waals surface area contributed by atoms with Crippen LogP contribution in [-0.2, 0) is 13.1 Å². The van der Waals surface area contributed by atoms with Crippen LogP contribution in [0.15, 0.2) is 0 Å². The molecule has 0 aliphatic heterocycles. The van der Waals surface area contributed by atoms with Gasteiger partial charge in [-0.3, -0.25) is 4.68 Å². The number of hydrogen-bond acceptors (Lipinski definition) is 2. The quantitative estimate of drug-likeness (QED) is 0.807. The van der Waals surface area contributed by atoms with Crippen LogP contribution in [0, 0.1) is 13.8 Å². The zero-order valence-electron chi connectivity index (χ0n) is 10.6. The molecule has 0 aliphatic rings. The van der Waals surface area contributed by atoms with E-state index in [-0.39, 0.29) is 0 Å². The largest absolute Gasteiger partial charge is 0.310 e. The van der Waals surface area contributed by atoms with E-state index in [4.69, 9.17) is 0 Å². The monoisotopic (exact) mass is 209 g/mol. The van der Waals surface area contributed by atoms with Crippen molar-refractivity contribution in [3.8, 4) is 0 Å². The van der Waals surface area contributed by atoms with Crippen molar-refractivity contribution in [2.24, 2.45) is 0 Å². The molecule has 0 aliphatic carbocycles. The Morgan fingerprint density at radius 2 is 2.00 bits per heavy atom. The van der Waals surface area contributed by atoms with Crippen LogP contribution in [0.2, 0.25) is 0 Å². The van der Waals surface area contributed by atoms with Gasteiger partial charge in [-0.1, -0.05) is 6.92 Å². The number of hydrogen-bond donors (Lipinski definition) is 1. The molecule has 1 unspecified atom stereocenters. The summed E-state index contributed by atoms with van der Waals surface area (Å²) in [5, 5.41) is 8.02. The zero-order chi connectivity index (χ0) is 11.4. The molecule has 1 heterocycles. The van der Waals surface area contributed by atoms with Crippen LogP contribution >= 0.6 is 0 Å². The fourth-order valence-electron chi connectivity index (χ4n) is 1.72. The second kappa shape index (κ2) is 5.31. The third kappa shape index (κ3) is 2.81. The van der Waals surface area contributed by atoms with Crippen molar-refractivity contribution in [2.45, 2.75) is 60.2 Å². The maximum Gasteiger partial charge on any atom is 0.0641 e. The van der Waals surface area contributed by atoms with E-state index in [2.05, 4.69) is 49.7 Å². The van der Waals surface area contributed by atoms with Crippen molar-refractivity contribution in [3.05, 3.63) is 17.0 Å². The number of aromatic nitrogens is 2. The van der Waals surface area contributed by atoms with Gasteiger partial charge < -0.3 is 5.32 Å². The molecule has 1 aromatic rings. The lowest BCUT2D eigenvalue weighted by molar-refractivity contribution is 0.531. The van der Waals surface area contributed by atoms with E-state index < -0.39 is 0 Å². The van der Waals surface area contributed by atoms with Crippen molar-refractivity contribution < 1.29 is 0 Å². The van der Waals surface area contributed by atoms with Gasteiger partial charge in [0.2, 0.25) is 0 Å². The molecule has 0 amide bonds. The summed E-state index contributed by atoms with van der Waals surface area (Å²) < 4.78 is 2.07. The van der Waals surface area contributed by atoms with E-state index in [1.54, 1.807) is 0 Å². The second-order valence-electron chi connectivity index (χ2n) is 4.16. The van der Waals surface area contributed by atoms with Crippen LogP contribution in [0.4, 0.5) is 0 Å². The van der Waals surface area contributed by atoms with Gasteiger partial charge in [0.15, 0.2) is 0 Å². The van der Waals surface area contributed by atoms with Crippen LogP contribution in [0.5, 0.6) is 0 Å². The molecular weight excluding hydrogens is 186 g/mol. The molecule has 86 valence electrons. The van der Waals surface area contributed by atoms with Crippen LogP contribution in [-0.4, -0.2) is 15.8 Å². The molecule has 15 heavy (non-hydrogen) atoms. The fraction of sp³-hybridized carbons (Fsp3) is 0.750. The normalized spacial score (nSPS) is 13.1. The highest BCUT2D eigenvalue weighted by molar-refractivity contribution is 5.24. The summed E-state index contributed by atoms with van der Waals surface area (Å²) in [6, 6.07) is 0.578. The van der Waals surface area contributed by atoms with Crippen LogP contribution in [0.1, 0.15) is 44.1 Å². The molecule has 0 bridgehead atoms. The van der Waals surface area contributed by atoms with Crippen molar-refractivity contribution in [2.75, 3.05) is 0 Å². The third-order valence-corrected chi connectivity index (χ3v) is 3.07. The molecular formula is C12H23N3. The number of aryl methyl sites for hydroxylation is 2. The van der Waals surface area contributed by atoms with Gasteiger partial charge in [0.05, 0.1) is 5.69 Å². The Bertz CT molecular complexity index is 315. The number of rotatable bonds is 5. The van der Waals surface area contributed by atoms with E-state index in [9.17, 15) is 0 Å². The lowest BCUT2D eigenvalue weighted by Gasteiger charge is -2.11. The van der Waals surface area contributed by atoms with E-state index in [0.29, 0.717) is 6.04 Å². The van der Waals surface area contributed by atoms with Gasteiger partial charge >= 0.3 is 0 Å². The summed E-state index contributed by atoms with van der Waals surface area (Å²) in [6.07, 6.45) is 1.17. The SMILES string of the molecule is CCC(C)NCc1c(C)nn(CC)c1C. The first-order chi connectivity index (χ1) is 7.10. The molecule has 1 atom stereocenters. The molecule has 1 rings (SSSR count). The first-order valence-electron chi connectivity index (χ1n) is 5.86. The highest BCUT2D eigenvalue weighted by atomic mass is 15.3. The Hall–Kier alpha value is -0.830. The average molecular weight is 209 g/mol. The Morgan fingerprint density at radius 3 is 2.47 bits per heavy atom. The zero-order valence-corrected chi connectivity index (χ0v) is 10.6. The standard InChI is InChI=1S/C12H23N3/c1-6-9(3)13-8-12-10(4)14-15(7-2)11(12)5/h9,13H,6-8H2,1-5H3. The summed E-state index contributed by atoms with van der Waals surface area (Å²) in [6.45, 7) is 12.7. The van der Waals surface area contributed by atoms with Crippen LogP contribution in [0.25, 0.3) is 0 Å². The van der Waals surface area contributed by atoms with E-state index >= 15 is 0 Å². The second-order valence-corrected chi connectivity index (χ2v) is 4.16. The van der Waals surface area contributed by atoms with Crippen LogP contribution < -0.4 is 5.32 Å². The van der Waals surface area contributed by atoms with Crippen molar-refractivity contribution in [1.82, 2.24) is 15.1 Å². The summed E-state index contributed by atoms with van der Waals surface area (Å²) in [5.74, 6) is 0. The first-order valence-corrected chi connectivity index (χ1v) is 5.86. The Labute approximate surface area is 92.9 Å². The molecule has 1 aromatic heterocycles. The minimum atomic E-state index is 0.578. The van der Waals surface area contributed by atoms with E-state index in [0.717, 1.165) is 18.8 Å². The van der Waals surface area contributed by atoms with Crippen molar-refractivity contribution in [3.63, 3.8) is 0 Å². The molecule has 0 aromatic carbocycles. The maximum absolute atomic E-state index is 4.51. The van der Waals surface area contributed by atoms with Crippen molar-refractivity contribution >= 4 is 0 Å². The lowest BCUT2D eigenvalue weighted by atomic mass is 10.1. The molecule has 1 N–H and O–H groups in total. The molecule has 0 saturated carbocycles. The number of nitrogens with one attached hydrogen (secondary N) is 1. The predicted octanol–water partition coefficient (Wildman–Crippen LogP) is 2.41. The lowest BCUT2D eigenvalue weighted by Crippen LogP contribution is -2.25. The molecule has 3 nitrogen and oxygen atoms in total. The summed E-state index contributed by atoms with van der Waals surface area (Å²) in [7, 11) is 0. The summed E-state index contributed by atoms with van der Waals surface area (Å²) >= 11 is 0. The molecule has 0 radical (unpaired) electrons. The van der Waals surface area contributed by atoms with Gasteiger partial charge in [0.1, 0.15) is 0 Å². The van der Waals surface area contributed by atoms with Gasteiger partial charge in [0, 0.05) is 30.4 Å². The molecule has 0 fully saturated rings. The smallest absolute Gasteiger partial charge is 0.0641 e. The van der Waals surface area contributed by atoms with Gasteiger partial charge in [-0.05, 0) is 34.1 Å².